The van der Waals surface area contributed by atoms with Crippen LogP contribution >= 0.6 is 0 Å². The van der Waals surface area contributed by atoms with Crippen LogP contribution in [0.5, 0.6) is 5.88 Å². The van der Waals surface area contributed by atoms with Crippen LogP contribution < -0.4 is 15.4 Å². The van der Waals surface area contributed by atoms with Gasteiger partial charge in [-0.15, -0.1) is 0 Å². The fraction of sp³-hybridized carbons (Fsp3) is 0.500. The molecule has 25 heavy (non-hydrogen) atoms. The molecule has 0 bridgehead atoms. The van der Waals surface area contributed by atoms with Gasteiger partial charge in [-0.3, -0.25) is 9.67 Å². The van der Waals surface area contributed by atoms with E-state index in [-0.39, 0.29) is 6.10 Å². The van der Waals surface area contributed by atoms with Crippen LogP contribution in [0.15, 0.2) is 23.3 Å². The number of nitrogens with zero attached hydrogens (tertiary/aromatic N) is 4. The second-order valence-electron chi connectivity index (χ2n) is 6.22. The molecule has 0 aromatic carbocycles. The molecule has 2 rings (SSSR count). The van der Waals surface area contributed by atoms with Crippen molar-refractivity contribution in [3.05, 3.63) is 40.8 Å². The minimum absolute atomic E-state index is 0.124. The molecular formula is C18H28N6O. The van der Waals surface area contributed by atoms with Crippen molar-refractivity contribution in [3.8, 4) is 5.88 Å². The van der Waals surface area contributed by atoms with E-state index in [1.807, 2.05) is 50.8 Å². The maximum atomic E-state index is 5.55. The molecule has 2 aromatic heterocycles. The van der Waals surface area contributed by atoms with Crippen LogP contribution in [0.4, 0.5) is 0 Å². The average molecular weight is 344 g/mol. The minimum atomic E-state index is 0.124. The molecule has 0 aliphatic rings. The summed E-state index contributed by atoms with van der Waals surface area (Å²) in [6.45, 7) is 9.38. The lowest BCUT2D eigenvalue weighted by atomic mass is 10.2. The fourth-order valence-corrected chi connectivity index (χ4v) is 2.48. The lowest BCUT2D eigenvalue weighted by molar-refractivity contribution is 0.232. The summed E-state index contributed by atoms with van der Waals surface area (Å²) in [4.78, 5) is 8.57. The van der Waals surface area contributed by atoms with Crippen LogP contribution in [-0.2, 0) is 20.1 Å². The van der Waals surface area contributed by atoms with Gasteiger partial charge in [0.25, 0.3) is 0 Å². The maximum absolute atomic E-state index is 5.55. The van der Waals surface area contributed by atoms with Gasteiger partial charge < -0.3 is 15.4 Å². The molecule has 136 valence electrons. The molecular weight excluding hydrogens is 316 g/mol. The van der Waals surface area contributed by atoms with E-state index in [4.69, 9.17) is 4.74 Å². The zero-order chi connectivity index (χ0) is 18.4. The van der Waals surface area contributed by atoms with Crippen molar-refractivity contribution in [1.82, 2.24) is 25.4 Å². The highest BCUT2D eigenvalue weighted by molar-refractivity contribution is 5.79. The van der Waals surface area contributed by atoms with E-state index in [9.17, 15) is 0 Å². The Morgan fingerprint density at radius 1 is 1.24 bits per heavy atom. The molecule has 0 saturated heterocycles. The third-order valence-corrected chi connectivity index (χ3v) is 3.93. The van der Waals surface area contributed by atoms with E-state index in [0.717, 1.165) is 22.9 Å². The molecule has 7 nitrogen and oxygen atoms in total. The number of guanidine groups is 1. The Bertz CT molecular complexity index is 718. The predicted octanol–water partition coefficient (Wildman–Crippen LogP) is 2.08. The van der Waals surface area contributed by atoms with Crippen molar-refractivity contribution in [2.24, 2.45) is 12.0 Å². The number of rotatable bonds is 6. The van der Waals surface area contributed by atoms with Crippen molar-refractivity contribution < 1.29 is 4.74 Å². The van der Waals surface area contributed by atoms with Crippen LogP contribution in [0.1, 0.15) is 36.4 Å². The summed E-state index contributed by atoms with van der Waals surface area (Å²) in [5, 5.41) is 11.1. The van der Waals surface area contributed by atoms with Crippen molar-refractivity contribution in [2.75, 3.05) is 7.05 Å². The Labute approximate surface area is 149 Å². The number of nitrogens with one attached hydrogen (secondary N) is 2. The molecule has 2 aromatic rings. The molecule has 2 heterocycles. The molecule has 0 aliphatic carbocycles. The minimum Gasteiger partial charge on any atom is -0.475 e. The second-order valence-corrected chi connectivity index (χ2v) is 6.22. The number of pyridine rings is 1. The number of ether oxygens (including phenoxy) is 1. The van der Waals surface area contributed by atoms with E-state index in [2.05, 4.69) is 32.6 Å². The number of aryl methyl sites for hydroxylation is 2. The Kier molecular flexibility index (Phi) is 6.38. The van der Waals surface area contributed by atoms with E-state index >= 15 is 0 Å². The first-order chi connectivity index (χ1) is 11.9. The molecule has 0 atom stereocenters. The molecule has 0 saturated carbocycles. The van der Waals surface area contributed by atoms with Gasteiger partial charge in [-0.1, -0.05) is 6.07 Å². The van der Waals surface area contributed by atoms with Gasteiger partial charge in [0.15, 0.2) is 5.96 Å². The SMILES string of the molecule is CN=C(NCc1ccc(OC(C)C)nc1)NCc1c(C)nn(C)c1C. The zero-order valence-corrected chi connectivity index (χ0v) is 15.9. The van der Waals surface area contributed by atoms with Crippen LogP contribution in [-0.4, -0.2) is 33.9 Å². The number of aromatic nitrogens is 3. The monoisotopic (exact) mass is 344 g/mol. The van der Waals surface area contributed by atoms with E-state index in [1.165, 1.54) is 5.56 Å². The van der Waals surface area contributed by atoms with E-state index < -0.39 is 0 Å². The Morgan fingerprint density at radius 3 is 2.48 bits per heavy atom. The second kappa shape index (κ2) is 8.50. The fourth-order valence-electron chi connectivity index (χ4n) is 2.48. The van der Waals surface area contributed by atoms with Gasteiger partial charge >= 0.3 is 0 Å². The van der Waals surface area contributed by atoms with Gasteiger partial charge in [0.2, 0.25) is 5.88 Å². The van der Waals surface area contributed by atoms with E-state index in [1.54, 1.807) is 7.05 Å². The van der Waals surface area contributed by atoms with Crippen LogP contribution in [0.2, 0.25) is 0 Å². The molecule has 0 radical (unpaired) electrons. The number of hydrogen-bond donors (Lipinski definition) is 2. The highest BCUT2D eigenvalue weighted by atomic mass is 16.5. The third-order valence-electron chi connectivity index (χ3n) is 3.93. The van der Waals surface area contributed by atoms with Crippen molar-refractivity contribution in [1.29, 1.82) is 0 Å². The lowest BCUT2D eigenvalue weighted by Crippen LogP contribution is -2.36. The molecule has 0 aliphatic heterocycles. The van der Waals surface area contributed by atoms with Crippen LogP contribution in [0.25, 0.3) is 0 Å². The highest BCUT2D eigenvalue weighted by Gasteiger charge is 2.09. The van der Waals surface area contributed by atoms with Crippen molar-refractivity contribution in [2.45, 2.75) is 46.9 Å². The molecule has 0 amide bonds. The topological polar surface area (TPSA) is 76.4 Å². The lowest BCUT2D eigenvalue weighted by Gasteiger charge is -2.13. The van der Waals surface area contributed by atoms with Crippen LogP contribution in [0, 0.1) is 13.8 Å². The summed E-state index contributed by atoms with van der Waals surface area (Å²) in [5.41, 5.74) is 4.45. The first-order valence-electron chi connectivity index (χ1n) is 8.46. The van der Waals surface area contributed by atoms with Gasteiger partial charge in [-0.25, -0.2) is 4.98 Å². The van der Waals surface area contributed by atoms with Gasteiger partial charge in [0.05, 0.1) is 11.8 Å². The third kappa shape index (κ3) is 5.20. The Balaban J connectivity index is 1.88. The van der Waals surface area contributed by atoms with Crippen LogP contribution in [0.3, 0.4) is 0 Å². The summed E-state index contributed by atoms with van der Waals surface area (Å²) < 4.78 is 7.45. The van der Waals surface area contributed by atoms with Gasteiger partial charge in [0.1, 0.15) is 0 Å². The summed E-state index contributed by atoms with van der Waals surface area (Å²) in [6.07, 6.45) is 1.94. The summed E-state index contributed by atoms with van der Waals surface area (Å²) in [6, 6.07) is 3.88. The summed E-state index contributed by atoms with van der Waals surface area (Å²) in [7, 11) is 3.72. The van der Waals surface area contributed by atoms with Gasteiger partial charge in [-0.2, -0.15) is 5.10 Å². The van der Waals surface area contributed by atoms with Gasteiger partial charge in [-0.05, 0) is 33.3 Å². The number of hydrogen-bond acceptors (Lipinski definition) is 4. The summed E-state index contributed by atoms with van der Waals surface area (Å²) >= 11 is 0. The maximum Gasteiger partial charge on any atom is 0.213 e. The normalized spacial score (nSPS) is 11.7. The largest absolute Gasteiger partial charge is 0.475 e. The predicted molar refractivity (Wildman–Crippen MR) is 99.7 cm³/mol. The smallest absolute Gasteiger partial charge is 0.213 e. The zero-order valence-electron chi connectivity index (χ0n) is 15.9. The number of aliphatic imine (C=N–C) groups is 1. The average Bonchev–Trinajstić information content (AvgIpc) is 2.81. The summed E-state index contributed by atoms with van der Waals surface area (Å²) in [5.74, 6) is 1.38. The molecule has 0 fully saturated rings. The van der Waals surface area contributed by atoms with Crippen molar-refractivity contribution >= 4 is 5.96 Å². The quantitative estimate of drug-likeness (QED) is 0.620. The molecule has 0 spiro atoms. The first kappa shape index (κ1) is 18.8. The van der Waals surface area contributed by atoms with Gasteiger partial charge in [0, 0.05) is 50.7 Å². The molecule has 7 heteroatoms. The van der Waals surface area contributed by atoms with Crippen molar-refractivity contribution in [3.63, 3.8) is 0 Å². The standard InChI is InChI=1S/C18H28N6O/c1-12(2)25-17-8-7-15(9-20-17)10-21-18(19-5)22-11-16-13(3)23-24(6)14(16)4/h7-9,12H,10-11H2,1-6H3,(H2,19,21,22). The van der Waals surface area contributed by atoms with E-state index in [0.29, 0.717) is 19.0 Å². The Hall–Kier alpha value is -2.57. The molecule has 0 unspecified atom stereocenters. The highest BCUT2D eigenvalue weighted by Crippen LogP contribution is 2.11. The Morgan fingerprint density at radius 2 is 1.96 bits per heavy atom. The first-order valence-corrected chi connectivity index (χ1v) is 8.46. The molecule has 2 N–H and O–H groups in total.